The minimum atomic E-state index is -0.247. The molecule has 1 aliphatic rings. The number of benzene rings is 1. The molecule has 0 aliphatic carbocycles. The Bertz CT molecular complexity index is 410. The van der Waals surface area contributed by atoms with E-state index in [-0.39, 0.29) is 18.6 Å². The molecule has 0 saturated carbocycles. The molecular formula is C12H14BrNO3. The molecular weight excluding hydrogens is 286 g/mol. The van der Waals surface area contributed by atoms with Crippen LogP contribution in [0.3, 0.4) is 0 Å². The number of aliphatic hydroxyl groups is 1. The smallest absolute Gasteiger partial charge is 0.255 e. The molecule has 4 nitrogen and oxygen atoms in total. The molecule has 1 fully saturated rings. The molecule has 0 radical (unpaired) electrons. The third-order valence-electron chi connectivity index (χ3n) is 2.80. The number of hydrogen-bond acceptors (Lipinski definition) is 3. The maximum absolute atomic E-state index is 12.3. The third kappa shape index (κ3) is 2.68. The second kappa shape index (κ2) is 5.62. The zero-order valence-electron chi connectivity index (χ0n) is 9.30. The first-order valence-electron chi connectivity index (χ1n) is 5.48. The first-order valence-corrected chi connectivity index (χ1v) is 6.27. The number of hydrogen-bond donors (Lipinski definition) is 1. The van der Waals surface area contributed by atoms with Crippen molar-refractivity contribution in [3.8, 4) is 0 Å². The molecule has 92 valence electrons. The van der Waals surface area contributed by atoms with Gasteiger partial charge in [-0.2, -0.15) is 0 Å². The molecule has 1 aliphatic heterocycles. The van der Waals surface area contributed by atoms with E-state index in [1.165, 1.54) is 0 Å². The van der Waals surface area contributed by atoms with Crippen molar-refractivity contribution in [2.75, 3.05) is 26.4 Å². The highest BCUT2D eigenvalue weighted by molar-refractivity contribution is 9.10. The van der Waals surface area contributed by atoms with E-state index in [9.17, 15) is 9.90 Å². The Morgan fingerprint density at radius 1 is 1.53 bits per heavy atom. The summed E-state index contributed by atoms with van der Waals surface area (Å²) in [6, 6.07) is 7.05. The molecule has 1 unspecified atom stereocenters. The molecule has 1 aromatic rings. The Morgan fingerprint density at radius 3 is 3.00 bits per heavy atom. The van der Waals surface area contributed by atoms with Crippen molar-refractivity contribution in [1.82, 2.24) is 4.90 Å². The number of aliphatic hydroxyl groups excluding tert-OH is 1. The number of carbonyl (C=O) groups is 1. The van der Waals surface area contributed by atoms with Gasteiger partial charge in [0.1, 0.15) is 0 Å². The van der Waals surface area contributed by atoms with E-state index in [2.05, 4.69) is 15.9 Å². The van der Waals surface area contributed by atoms with Crippen LogP contribution < -0.4 is 0 Å². The lowest BCUT2D eigenvalue weighted by atomic mass is 10.1. The van der Waals surface area contributed by atoms with Crippen LogP contribution in [-0.2, 0) is 4.74 Å². The number of nitrogens with zero attached hydrogens (tertiary/aromatic N) is 1. The van der Waals surface area contributed by atoms with E-state index in [0.717, 1.165) is 4.47 Å². The van der Waals surface area contributed by atoms with Crippen LogP contribution in [0.5, 0.6) is 0 Å². The molecule has 1 atom stereocenters. The molecule has 1 N–H and O–H groups in total. The lowest BCUT2D eigenvalue weighted by molar-refractivity contribution is -0.0184. The SMILES string of the molecule is O=C(c1ccccc1Br)N1CCOCC1CO. The summed E-state index contributed by atoms with van der Waals surface area (Å²) in [6.07, 6.45) is 0. The van der Waals surface area contributed by atoms with E-state index >= 15 is 0 Å². The van der Waals surface area contributed by atoms with Crippen molar-refractivity contribution >= 4 is 21.8 Å². The van der Waals surface area contributed by atoms with E-state index in [4.69, 9.17) is 4.74 Å². The average molecular weight is 300 g/mol. The molecule has 0 bridgehead atoms. The molecule has 5 heteroatoms. The summed E-state index contributed by atoms with van der Waals surface area (Å²) < 4.78 is 6.03. The molecule has 1 heterocycles. The van der Waals surface area contributed by atoms with E-state index in [1.54, 1.807) is 11.0 Å². The van der Waals surface area contributed by atoms with Crippen molar-refractivity contribution in [2.24, 2.45) is 0 Å². The summed E-state index contributed by atoms with van der Waals surface area (Å²) in [5, 5.41) is 9.24. The quantitative estimate of drug-likeness (QED) is 0.895. The molecule has 1 amide bonds. The fourth-order valence-electron chi connectivity index (χ4n) is 1.86. The Balaban J connectivity index is 2.21. The number of rotatable bonds is 2. The van der Waals surface area contributed by atoms with Crippen LogP contribution in [0.15, 0.2) is 28.7 Å². The summed E-state index contributed by atoms with van der Waals surface area (Å²) in [5.41, 5.74) is 0.618. The van der Waals surface area contributed by atoms with Crippen LogP contribution in [0.1, 0.15) is 10.4 Å². The Hall–Kier alpha value is -0.910. The maximum atomic E-state index is 12.3. The van der Waals surface area contributed by atoms with Crippen LogP contribution >= 0.6 is 15.9 Å². The Labute approximate surface area is 108 Å². The van der Waals surface area contributed by atoms with Crippen LogP contribution in [0.2, 0.25) is 0 Å². The van der Waals surface area contributed by atoms with Gasteiger partial charge < -0.3 is 14.7 Å². The predicted octanol–water partition coefficient (Wildman–Crippen LogP) is 1.28. The number of morpholine rings is 1. The highest BCUT2D eigenvalue weighted by Gasteiger charge is 2.28. The fraction of sp³-hybridized carbons (Fsp3) is 0.417. The van der Waals surface area contributed by atoms with Gasteiger partial charge in [-0.15, -0.1) is 0 Å². The number of carbonyl (C=O) groups excluding carboxylic acids is 1. The van der Waals surface area contributed by atoms with Gasteiger partial charge in [0.2, 0.25) is 0 Å². The van der Waals surface area contributed by atoms with Gasteiger partial charge in [0, 0.05) is 11.0 Å². The average Bonchev–Trinajstić information content (AvgIpc) is 2.38. The normalized spacial score (nSPS) is 20.4. The van der Waals surface area contributed by atoms with Crippen molar-refractivity contribution in [3.63, 3.8) is 0 Å². The molecule has 2 rings (SSSR count). The van der Waals surface area contributed by atoms with Crippen molar-refractivity contribution in [1.29, 1.82) is 0 Å². The van der Waals surface area contributed by atoms with Crippen molar-refractivity contribution in [2.45, 2.75) is 6.04 Å². The topological polar surface area (TPSA) is 49.8 Å². The van der Waals surface area contributed by atoms with Crippen molar-refractivity contribution in [3.05, 3.63) is 34.3 Å². The molecule has 17 heavy (non-hydrogen) atoms. The summed E-state index contributed by atoms with van der Waals surface area (Å²) in [5.74, 6) is -0.0696. The second-order valence-corrected chi connectivity index (χ2v) is 4.74. The minimum Gasteiger partial charge on any atom is -0.394 e. The number of amides is 1. The Morgan fingerprint density at radius 2 is 2.29 bits per heavy atom. The number of ether oxygens (including phenoxy) is 1. The van der Waals surface area contributed by atoms with Gasteiger partial charge in [-0.1, -0.05) is 12.1 Å². The van der Waals surface area contributed by atoms with Crippen molar-refractivity contribution < 1.29 is 14.6 Å². The van der Waals surface area contributed by atoms with Gasteiger partial charge in [0.05, 0.1) is 31.4 Å². The molecule has 1 saturated heterocycles. The fourth-order valence-corrected chi connectivity index (χ4v) is 2.32. The molecule has 0 aromatic heterocycles. The van der Waals surface area contributed by atoms with Gasteiger partial charge in [-0.25, -0.2) is 0 Å². The summed E-state index contributed by atoms with van der Waals surface area (Å²) in [6.45, 7) is 1.36. The van der Waals surface area contributed by atoms with Gasteiger partial charge in [0.15, 0.2) is 0 Å². The minimum absolute atomic E-state index is 0.0696. The lowest BCUT2D eigenvalue weighted by Gasteiger charge is -2.34. The largest absolute Gasteiger partial charge is 0.394 e. The number of halogens is 1. The van der Waals surface area contributed by atoms with E-state index in [0.29, 0.717) is 25.3 Å². The van der Waals surface area contributed by atoms with Gasteiger partial charge in [-0.3, -0.25) is 4.79 Å². The standard InChI is InChI=1S/C12H14BrNO3/c13-11-4-2-1-3-10(11)12(16)14-5-6-17-8-9(14)7-15/h1-4,9,15H,5-8H2. The van der Waals surface area contributed by atoms with Gasteiger partial charge in [-0.05, 0) is 28.1 Å². The first kappa shape index (κ1) is 12.5. The third-order valence-corrected chi connectivity index (χ3v) is 3.49. The first-order chi connectivity index (χ1) is 8.24. The zero-order valence-corrected chi connectivity index (χ0v) is 10.9. The molecule has 1 aromatic carbocycles. The highest BCUT2D eigenvalue weighted by atomic mass is 79.9. The van der Waals surface area contributed by atoms with Crippen LogP contribution in [-0.4, -0.2) is 48.3 Å². The van der Waals surface area contributed by atoms with Gasteiger partial charge in [0.25, 0.3) is 5.91 Å². The zero-order chi connectivity index (χ0) is 12.3. The molecule has 0 spiro atoms. The highest BCUT2D eigenvalue weighted by Crippen LogP contribution is 2.20. The second-order valence-electron chi connectivity index (χ2n) is 3.89. The monoisotopic (exact) mass is 299 g/mol. The van der Waals surface area contributed by atoms with Crippen LogP contribution in [0.25, 0.3) is 0 Å². The summed E-state index contributed by atoms with van der Waals surface area (Å²) >= 11 is 3.36. The van der Waals surface area contributed by atoms with Gasteiger partial charge >= 0.3 is 0 Å². The lowest BCUT2D eigenvalue weighted by Crippen LogP contribution is -2.50. The maximum Gasteiger partial charge on any atom is 0.255 e. The Kier molecular flexibility index (Phi) is 4.15. The van der Waals surface area contributed by atoms with Crippen LogP contribution in [0, 0.1) is 0 Å². The van der Waals surface area contributed by atoms with E-state index < -0.39 is 0 Å². The van der Waals surface area contributed by atoms with Crippen LogP contribution in [0.4, 0.5) is 0 Å². The summed E-state index contributed by atoms with van der Waals surface area (Å²) in [7, 11) is 0. The van der Waals surface area contributed by atoms with E-state index in [1.807, 2.05) is 18.2 Å². The predicted molar refractivity (Wildman–Crippen MR) is 66.9 cm³/mol. The summed E-state index contributed by atoms with van der Waals surface area (Å²) in [4.78, 5) is 14.0.